The van der Waals surface area contributed by atoms with E-state index in [9.17, 15) is 4.79 Å². The highest BCUT2D eigenvalue weighted by atomic mass is 35.5. The minimum atomic E-state index is -0.450. The van der Waals surface area contributed by atoms with Gasteiger partial charge in [-0.05, 0) is 30.5 Å². The maximum absolute atomic E-state index is 11.2. The van der Waals surface area contributed by atoms with Gasteiger partial charge in [0.2, 0.25) is 0 Å². The van der Waals surface area contributed by atoms with E-state index in [0.717, 1.165) is 6.42 Å². The number of ether oxygens (including phenoxy) is 1. The first-order valence-electron chi connectivity index (χ1n) is 4.45. The summed E-state index contributed by atoms with van der Waals surface area (Å²) in [7, 11) is 0. The molecule has 0 aliphatic carbocycles. The molecule has 0 aliphatic heterocycles. The van der Waals surface area contributed by atoms with Crippen LogP contribution in [-0.2, 0) is 9.53 Å². The highest BCUT2D eigenvalue weighted by molar-refractivity contribution is 6.14. The molecule has 0 rings (SSSR count). The van der Waals surface area contributed by atoms with Gasteiger partial charge in [0.25, 0.3) is 0 Å². The Hall–Kier alpha value is -0.280. The minimum absolute atomic E-state index is 0.0433. The lowest BCUT2D eigenvalue weighted by atomic mass is 9.92. The largest absolute Gasteiger partial charge is 0.464 e. The fourth-order valence-electron chi connectivity index (χ4n) is 0.538. The number of hydrogen-bond acceptors (Lipinski definition) is 3. The molecule has 0 fully saturated rings. The lowest BCUT2D eigenvalue weighted by molar-refractivity contribution is -0.148. The van der Waals surface area contributed by atoms with Gasteiger partial charge < -0.3 is 4.74 Å². The second-order valence-corrected chi connectivity index (χ2v) is 4.17. The molecule has 0 aromatic heterocycles. The van der Waals surface area contributed by atoms with Gasteiger partial charge in [-0.15, -0.1) is 0 Å². The van der Waals surface area contributed by atoms with Crippen molar-refractivity contribution in [1.29, 1.82) is 0 Å². The van der Waals surface area contributed by atoms with E-state index in [1.54, 1.807) is 6.92 Å². The summed E-state index contributed by atoms with van der Waals surface area (Å²) in [6.07, 6.45) is 0.975. The molecule has 13 heavy (non-hydrogen) atoms. The molecule has 0 unspecified atom stereocenters. The second-order valence-electron chi connectivity index (χ2n) is 3.96. The normalized spacial score (nSPS) is 13.9. The Labute approximate surface area is 84.9 Å². The van der Waals surface area contributed by atoms with Gasteiger partial charge in [0.1, 0.15) is 6.04 Å². The van der Waals surface area contributed by atoms with Crippen LogP contribution in [0.4, 0.5) is 0 Å². The minimum Gasteiger partial charge on any atom is -0.464 e. The van der Waals surface area contributed by atoms with Crippen LogP contribution in [0.2, 0.25) is 0 Å². The molecule has 0 aromatic rings. The Kier molecular flexibility index (Phi) is 5.33. The van der Waals surface area contributed by atoms with Crippen molar-refractivity contribution in [3.8, 4) is 0 Å². The van der Waals surface area contributed by atoms with Crippen molar-refractivity contribution in [3.05, 3.63) is 0 Å². The van der Waals surface area contributed by atoms with Crippen LogP contribution < -0.4 is 4.84 Å². The highest BCUT2D eigenvalue weighted by Gasteiger charge is 2.20. The number of nitrogens with one attached hydrogen (secondary N) is 1. The molecule has 0 bridgehead atoms. The molecule has 78 valence electrons. The standard InChI is InChI=1S/C9H18ClNO2/c1-5-9(3,4)6-13-8(12)7(2)11-10/h7,11H,5-6H2,1-4H3/t7-/m0/s1. The van der Waals surface area contributed by atoms with Crippen LogP contribution in [0, 0.1) is 5.41 Å². The van der Waals surface area contributed by atoms with Crippen LogP contribution in [0.15, 0.2) is 0 Å². The summed E-state index contributed by atoms with van der Waals surface area (Å²) < 4.78 is 5.06. The van der Waals surface area contributed by atoms with Crippen LogP contribution in [0.25, 0.3) is 0 Å². The first-order valence-corrected chi connectivity index (χ1v) is 4.83. The average molecular weight is 208 g/mol. The predicted octanol–water partition coefficient (Wildman–Crippen LogP) is 2.10. The topological polar surface area (TPSA) is 38.3 Å². The van der Waals surface area contributed by atoms with E-state index in [0.29, 0.717) is 6.61 Å². The summed E-state index contributed by atoms with van der Waals surface area (Å²) in [6.45, 7) is 8.27. The Morgan fingerprint density at radius 2 is 2.15 bits per heavy atom. The van der Waals surface area contributed by atoms with Crippen molar-refractivity contribution in [1.82, 2.24) is 4.84 Å². The molecule has 1 N–H and O–H groups in total. The third-order valence-corrected chi connectivity index (χ3v) is 2.41. The van der Waals surface area contributed by atoms with Crippen molar-refractivity contribution in [2.24, 2.45) is 5.41 Å². The molecular weight excluding hydrogens is 190 g/mol. The number of carbonyl (C=O) groups is 1. The smallest absolute Gasteiger partial charge is 0.324 e. The Morgan fingerprint density at radius 1 is 1.62 bits per heavy atom. The molecule has 3 nitrogen and oxygen atoms in total. The first kappa shape index (κ1) is 12.7. The molecular formula is C9H18ClNO2. The predicted molar refractivity (Wildman–Crippen MR) is 53.5 cm³/mol. The van der Waals surface area contributed by atoms with E-state index < -0.39 is 6.04 Å². The molecule has 0 spiro atoms. The van der Waals surface area contributed by atoms with Crippen LogP contribution in [0.1, 0.15) is 34.1 Å². The van der Waals surface area contributed by atoms with Gasteiger partial charge in [0.05, 0.1) is 6.61 Å². The summed E-state index contributed by atoms with van der Waals surface area (Å²) in [6, 6.07) is -0.450. The third-order valence-electron chi connectivity index (χ3n) is 2.08. The van der Waals surface area contributed by atoms with E-state index in [4.69, 9.17) is 16.5 Å². The molecule has 1 atom stereocenters. The fourth-order valence-corrected chi connectivity index (χ4v) is 0.627. The zero-order chi connectivity index (χ0) is 10.5. The molecule has 0 heterocycles. The maximum Gasteiger partial charge on any atom is 0.324 e. The Bertz CT molecular complexity index is 171. The van der Waals surface area contributed by atoms with E-state index in [1.807, 2.05) is 0 Å². The van der Waals surface area contributed by atoms with Gasteiger partial charge in [0.15, 0.2) is 0 Å². The SMILES string of the molecule is CCC(C)(C)COC(=O)[C@H](C)NCl. The number of carbonyl (C=O) groups excluding carboxylic acids is 1. The highest BCUT2D eigenvalue weighted by Crippen LogP contribution is 2.19. The number of rotatable bonds is 5. The molecule has 0 radical (unpaired) electrons. The molecule has 0 saturated carbocycles. The Balaban J connectivity index is 3.83. The van der Waals surface area contributed by atoms with Crippen molar-refractivity contribution in [2.75, 3.05) is 6.61 Å². The average Bonchev–Trinajstić information content (AvgIpc) is 2.13. The number of esters is 1. The summed E-state index contributed by atoms with van der Waals surface area (Å²) >= 11 is 5.28. The van der Waals surface area contributed by atoms with Crippen LogP contribution in [0.5, 0.6) is 0 Å². The monoisotopic (exact) mass is 207 g/mol. The molecule has 0 saturated heterocycles. The van der Waals surface area contributed by atoms with Gasteiger partial charge in [-0.2, -0.15) is 0 Å². The first-order chi connectivity index (χ1) is 5.93. The lowest BCUT2D eigenvalue weighted by Crippen LogP contribution is -2.32. The fraction of sp³-hybridized carbons (Fsp3) is 0.889. The van der Waals surface area contributed by atoms with Crippen LogP contribution in [-0.4, -0.2) is 18.6 Å². The molecule has 0 amide bonds. The second kappa shape index (κ2) is 5.45. The molecule has 4 heteroatoms. The van der Waals surface area contributed by atoms with Crippen LogP contribution >= 0.6 is 11.8 Å². The quantitative estimate of drug-likeness (QED) is 0.554. The molecule has 0 aliphatic rings. The van der Waals surface area contributed by atoms with Crippen molar-refractivity contribution in [2.45, 2.75) is 40.2 Å². The number of halogens is 1. The van der Waals surface area contributed by atoms with Crippen molar-refractivity contribution >= 4 is 17.7 Å². The third kappa shape index (κ3) is 5.11. The van der Waals surface area contributed by atoms with E-state index >= 15 is 0 Å². The van der Waals surface area contributed by atoms with Gasteiger partial charge >= 0.3 is 5.97 Å². The number of hydrogen-bond donors (Lipinski definition) is 1. The zero-order valence-corrected chi connectivity index (χ0v) is 9.44. The lowest BCUT2D eigenvalue weighted by Gasteiger charge is -2.22. The Morgan fingerprint density at radius 3 is 2.54 bits per heavy atom. The van der Waals surface area contributed by atoms with Crippen molar-refractivity contribution < 1.29 is 9.53 Å². The van der Waals surface area contributed by atoms with Gasteiger partial charge in [0, 0.05) is 0 Å². The van der Waals surface area contributed by atoms with Gasteiger partial charge in [-0.25, -0.2) is 4.84 Å². The summed E-state index contributed by atoms with van der Waals surface area (Å²) in [5.74, 6) is -0.309. The summed E-state index contributed by atoms with van der Waals surface area (Å²) in [5.41, 5.74) is 0.0433. The zero-order valence-electron chi connectivity index (χ0n) is 8.69. The summed E-state index contributed by atoms with van der Waals surface area (Å²) in [4.78, 5) is 13.5. The maximum atomic E-state index is 11.2. The van der Waals surface area contributed by atoms with E-state index in [-0.39, 0.29) is 11.4 Å². The van der Waals surface area contributed by atoms with E-state index in [1.165, 1.54) is 0 Å². The van der Waals surface area contributed by atoms with Gasteiger partial charge in [-0.3, -0.25) is 4.79 Å². The summed E-state index contributed by atoms with van der Waals surface area (Å²) in [5, 5.41) is 0. The van der Waals surface area contributed by atoms with Crippen molar-refractivity contribution in [3.63, 3.8) is 0 Å². The molecule has 0 aromatic carbocycles. The van der Waals surface area contributed by atoms with E-state index in [2.05, 4.69) is 25.6 Å². The van der Waals surface area contributed by atoms with Gasteiger partial charge in [-0.1, -0.05) is 20.8 Å². The van der Waals surface area contributed by atoms with Crippen LogP contribution in [0.3, 0.4) is 0 Å².